The first-order valence-corrected chi connectivity index (χ1v) is 3.65. The highest BCUT2D eigenvalue weighted by Crippen LogP contribution is 1.96. The smallest absolute Gasteiger partial charge is 0.236 e. The maximum atomic E-state index is 11.5. The normalized spacial score (nSPS) is 20.9. The Balaban J connectivity index is 3.42. The van der Waals surface area contributed by atoms with Crippen LogP contribution in [0, 0.1) is 0 Å². The van der Waals surface area contributed by atoms with Gasteiger partial charge in [0.05, 0.1) is 15.6 Å². The van der Waals surface area contributed by atoms with E-state index in [4.69, 9.17) is 15.3 Å². The molecule has 1 unspecified atom stereocenters. The highest BCUT2D eigenvalue weighted by atomic mass is 16.2. The average Bonchev–Trinajstić information content (AvgIpc) is 2.33. The van der Waals surface area contributed by atoms with E-state index in [1.54, 1.807) is 0 Å². The van der Waals surface area contributed by atoms with E-state index in [0.717, 1.165) is 0 Å². The van der Waals surface area contributed by atoms with Crippen molar-refractivity contribution in [3.8, 4) is 0 Å². The minimum atomic E-state index is -2.63. The second-order valence-corrected chi connectivity index (χ2v) is 2.40. The molecule has 1 rings (SSSR count). The van der Waals surface area contributed by atoms with E-state index in [1.807, 2.05) is 5.32 Å². The number of carbonyl (C=O) groups excluding carboxylic acids is 1. The van der Waals surface area contributed by atoms with Crippen LogP contribution in [0.1, 0.15) is 22.1 Å². The number of amides is 1. The van der Waals surface area contributed by atoms with Crippen LogP contribution in [-0.2, 0) is 11.3 Å². The van der Waals surface area contributed by atoms with Crippen LogP contribution >= 0.6 is 0 Å². The first kappa shape index (κ1) is 3.80. The minimum Gasteiger partial charge on any atom is -0.351 e. The Morgan fingerprint density at radius 3 is 2.85 bits per heavy atom. The zero-order valence-corrected chi connectivity index (χ0v) is 7.06. The topological polar surface area (TPSA) is 55.1 Å². The third-order valence-corrected chi connectivity index (χ3v) is 1.22. The Bertz CT molecular complexity index is 530. The van der Waals surface area contributed by atoms with Crippen LogP contribution in [0.2, 0.25) is 0 Å². The van der Waals surface area contributed by atoms with Gasteiger partial charge in [0.1, 0.15) is 0 Å². The van der Waals surface area contributed by atoms with Crippen molar-refractivity contribution in [1.29, 1.82) is 0 Å². The van der Waals surface area contributed by atoms with Crippen molar-refractivity contribution >= 4 is 5.91 Å². The molecule has 0 spiro atoms. The number of hydrogen-bond acceptors (Lipinski definition) is 2. The predicted octanol–water partition coefficient (Wildman–Crippen LogP) is 0.650. The van der Waals surface area contributed by atoms with E-state index in [-0.39, 0.29) is 0 Å². The van der Waals surface area contributed by atoms with Crippen LogP contribution < -0.4 is 11.1 Å². The standard InChI is InChI=1S/C10H14N2O/c1-8(11)10(13)12-7-9-5-3-2-4-6-9/h2-6,8H,7,11H2,1H3,(H,12,13)/i2D,3D,4D,5D,6D,7D2. The zero-order chi connectivity index (χ0) is 15.8. The lowest BCUT2D eigenvalue weighted by Gasteiger charge is -2.06. The van der Waals surface area contributed by atoms with E-state index < -0.39 is 54.2 Å². The summed E-state index contributed by atoms with van der Waals surface area (Å²) in [5.41, 5.74) is 4.68. The SMILES string of the molecule is [2H]c1c([2H])c([2H])c(C([2H])([2H])NC(=O)C(C)N)c([2H])c1[2H]. The molecule has 1 aromatic carbocycles. The molecular formula is C10H14N2O. The summed E-state index contributed by atoms with van der Waals surface area (Å²) in [6, 6.07) is -4.36. The monoisotopic (exact) mass is 185 g/mol. The molecule has 3 nitrogen and oxygen atoms in total. The molecule has 0 aromatic heterocycles. The second kappa shape index (κ2) is 4.62. The Hall–Kier alpha value is -1.35. The van der Waals surface area contributed by atoms with Crippen molar-refractivity contribution < 1.29 is 14.4 Å². The third kappa shape index (κ3) is 3.25. The summed E-state index contributed by atoms with van der Waals surface area (Å²) in [5.74, 6) is -0.832. The van der Waals surface area contributed by atoms with Crippen LogP contribution in [0.4, 0.5) is 0 Å². The number of carbonyl (C=O) groups is 1. The summed E-state index contributed by atoms with van der Waals surface area (Å²) in [5, 5.41) is 1.93. The molecule has 3 N–H and O–H groups in total. The Morgan fingerprint density at radius 1 is 1.69 bits per heavy atom. The van der Waals surface area contributed by atoms with Crippen LogP contribution in [0.5, 0.6) is 0 Å². The summed E-state index contributed by atoms with van der Waals surface area (Å²) < 4.78 is 53.2. The summed E-state index contributed by atoms with van der Waals surface area (Å²) >= 11 is 0. The third-order valence-electron chi connectivity index (χ3n) is 1.22. The van der Waals surface area contributed by atoms with Gasteiger partial charge in [-0.15, -0.1) is 0 Å². The molecule has 0 aliphatic rings. The van der Waals surface area contributed by atoms with Crippen molar-refractivity contribution in [3.63, 3.8) is 0 Å². The fourth-order valence-corrected chi connectivity index (χ4v) is 0.550. The first-order chi connectivity index (χ1) is 9.00. The van der Waals surface area contributed by atoms with Gasteiger partial charge in [0.15, 0.2) is 0 Å². The van der Waals surface area contributed by atoms with E-state index in [2.05, 4.69) is 0 Å². The molecule has 0 saturated carbocycles. The molecule has 0 bridgehead atoms. The Kier molecular flexibility index (Phi) is 1.35. The van der Waals surface area contributed by atoms with Gasteiger partial charge in [0.2, 0.25) is 5.91 Å². The second-order valence-electron chi connectivity index (χ2n) is 2.40. The van der Waals surface area contributed by atoms with Crippen LogP contribution in [0.15, 0.2) is 30.2 Å². The maximum absolute atomic E-state index is 11.5. The van der Waals surface area contributed by atoms with Crippen LogP contribution in [0.3, 0.4) is 0 Å². The van der Waals surface area contributed by atoms with Gasteiger partial charge in [-0.25, -0.2) is 0 Å². The molecule has 0 aliphatic carbocycles. The molecular weight excluding hydrogens is 164 g/mol. The molecule has 0 radical (unpaired) electrons. The number of nitrogens with two attached hydrogens (primary N) is 1. The van der Waals surface area contributed by atoms with Crippen LogP contribution in [-0.4, -0.2) is 11.9 Å². The zero-order valence-electron chi connectivity index (χ0n) is 14.1. The minimum absolute atomic E-state index is 0.627. The Labute approximate surface area is 87.8 Å². The van der Waals surface area contributed by atoms with Crippen LogP contribution in [0.25, 0.3) is 0 Å². The molecule has 1 amide bonds. The predicted molar refractivity (Wildman–Crippen MR) is 51.9 cm³/mol. The average molecular weight is 185 g/mol. The lowest BCUT2D eigenvalue weighted by molar-refractivity contribution is -0.122. The van der Waals surface area contributed by atoms with Gasteiger partial charge in [-0.2, -0.15) is 0 Å². The van der Waals surface area contributed by atoms with E-state index in [0.29, 0.717) is 0 Å². The number of nitrogens with one attached hydrogen (secondary N) is 1. The fraction of sp³-hybridized carbons (Fsp3) is 0.300. The summed E-state index contributed by atoms with van der Waals surface area (Å²) in [4.78, 5) is 11.5. The molecule has 0 aliphatic heterocycles. The molecule has 0 fully saturated rings. The quantitative estimate of drug-likeness (QED) is 0.726. The summed E-state index contributed by atoms with van der Waals surface area (Å²) in [6.45, 7) is -1.29. The van der Waals surface area contributed by atoms with Gasteiger partial charge >= 0.3 is 0 Å². The van der Waals surface area contributed by atoms with Crippen molar-refractivity contribution in [2.75, 3.05) is 0 Å². The lowest BCUT2D eigenvalue weighted by Crippen LogP contribution is -2.37. The maximum Gasteiger partial charge on any atom is 0.236 e. The van der Waals surface area contributed by atoms with Crippen molar-refractivity contribution in [2.24, 2.45) is 5.73 Å². The molecule has 0 heterocycles. The Morgan fingerprint density at radius 2 is 2.31 bits per heavy atom. The first-order valence-electron chi connectivity index (χ1n) is 7.15. The van der Waals surface area contributed by atoms with Gasteiger partial charge in [0.25, 0.3) is 0 Å². The highest BCUT2D eigenvalue weighted by Gasteiger charge is 2.05. The molecule has 13 heavy (non-hydrogen) atoms. The van der Waals surface area contributed by atoms with Gasteiger partial charge in [-0.1, -0.05) is 30.2 Å². The number of benzene rings is 1. The fourth-order valence-electron chi connectivity index (χ4n) is 0.550. The molecule has 1 atom stereocenters. The van der Waals surface area contributed by atoms with Crippen molar-refractivity contribution in [3.05, 3.63) is 35.8 Å². The molecule has 70 valence electrons. The molecule has 0 saturated heterocycles. The number of rotatable bonds is 3. The molecule has 1 aromatic rings. The largest absolute Gasteiger partial charge is 0.351 e. The van der Waals surface area contributed by atoms with Gasteiger partial charge in [0, 0.05) is 6.50 Å². The lowest BCUT2D eigenvalue weighted by atomic mass is 10.2. The van der Waals surface area contributed by atoms with Gasteiger partial charge < -0.3 is 11.1 Å². The van der Waals surface area contributed by atoms with Gasteiger partial charge in [-0.3, -0.25) is 4.79 Å². The molecule has 3 heteroatoms. The summed E-state index contributed by atoms with van der Waals surface area (Å²) in [6.07, 6.45) is 0. The van der Waals surface area contributed by atoms with E-state index in [9.17, 15) is 4.79 Å². The number of hydrogen-bond donors (Lipinski definition) is 2. The van der Waals surface area contributed by atoms with E-state index >= 15 is 0 Å². The van der Waals surface area contributed by atoms with Crippen molar-refractivity contribution in [1.82, 2.24) is 5.32 Å². The van der Waals surface area contributed by atoms with E-state index in [1.165, 1.54) is 6.92 Å². The van der Waals surface area contributed by atoms with Crippen molar-refractivity contribution in [2.45, 2.75) is 19.5 Å². The summed E-state index contributed by atoms with van der Waals surface area (Å²) in [7, 11) is 0. The van der Waals surface area contributed by atoms with Gasteiger partial charge in [-0.05, 0) is 12.5 Å². The highest BCUT2D eigenvalue weighted by molar-refractivity contribution is 5.80.